The number of hydrogen-bond acceptors (Lipinski definition) is 4. The predicted molar refractivity (Wildman–Crippen MR) is 67.2 cm³/mol. The van der Waals surface area contributed by atoms with Crippen molar-refractivity contribution >= 4 is 10.4 Å². The Morgan fingerprint density at radius 1 is 0.833 bits per heavy atom. The fourth-order valence-corrected chi connectivity index (χ4v) is 2.01. The lowest BCUT2D eigenvalue weighted by molar-refractivity contribution is 0.264. The molecule has 0 bridgehead atoms. The Hall–Kier alpha value is -1.85. The van der Waals surface area contributed by atoms with Gasteiger partial charge in [-0.3, -0.25) is 0 Å². The van der Waals surface area contributed by atoms with E-state index < -0.39 is 10.4 Å². The summed E-state index contributed by atoms with van der Waals surface area (Å²) in [6, 6.07) is 17.2. The molecule has 0 aliphatic rings. The molecule has 0 heterocycles. The van der Waals surface area contributed by atoms with E-state index in [1.807, 2.05) is 18.2 Å². The third-order valence-electron chi connectivity index (χ3n) is 2.15. The van der Waals surface area contributed by atoms with Gasteiger partial charge in [0.2, 0.25) is 0 Å². The summed E-state index contributed by atoms with van der Waals surface area (Å²) in [7, 11) is -4.03. The molecule has 4 nitrogen and oxygen atoms in total. The molecule has 5 heteroatoms. The first-order chi connectivity index (χ1) is 8.66. The topological polar surface area (TPSA) is 52.6 Å². The van der Waals surface area contributed by atoms with Crippen LogP contribution in [0.1, 0.15) is 5.56 Å². The lowest BCUT2D eigenvalue weighted by atomic mass is 10.2. The van der Waals surface area contributed by atoms with Gasteiger partial charge in [-0.2, -0.15) is 8.42 Å². The fraction of sp³-hybridized carbons (Fsp3) is 0.0769. The summed E-state index contributed by atoms with van der Waals surface area (Å²) >= 11 is 0. The van der Waals surface area contributed by atoms with Gasteiger partial charge in [0.05, 0.1) is 6.61 Å². The minimum atomic E-state index is -4.03. The average Bonchev–Trinajstić information content (AvgIpc) is 2.38. The summed E-state index contributed by atoms with van der Waals surface area (Å²) in [6.45, 7) is -0.0456. The summed E-state index contributed by atoms with van der Waals surface area (Å²) in [4.78, 5) is 0. The molecule has 2 rings (SSSR count). The van der Waals surface area contributed by atoms with Gasteiger partial charge in [0.1, 0.15) is 5.75 Å². The average molecular weight is 264 g/mol. The molecule has 0 N–H and O–H groups in total. The number of rotatable bonds is 5. The van der Waals surface area contributed by atoms with Gasteiger partial charge in [-0.05, 0) is 17.7 Å². The zero-order chi connectivity index (χ0) is 12.8. The fourth-order valence-electron chi connectivity index (χ4n) is 1.33. The first kappa shape index (κ1) is 12.6. The number of benzene rings is 2. The molecule has 0 unspecified atom stereocenters. The van der Waals surface area contributed by atoms with Crippen LogP contribution < -0.4 is 4.18 Å². The maximum atomic E-state index is 11.5. The summed E-state index contributed by atoms with van der Waals surface area (Å²) in [6.07, 6.45) is 0. The highest BCUT2D eigenvalue weighted by Gasteiger charge is 2.13. The van der Waals surface area contributed by atoms with Gasteiger partial charge in [0.25, 0.3) is 0 Å². The van der Waals surface area contributed by atoms with Gasteiger partial charge < -0.3 is 4.18 Å². The largest absolute Gasteiger partial charge is 0.449 e. The first-order valence-electron chi connectivity index (χ1n) is 5.33. The Morgan fingerprint density at radius 3 is 2.00 bits per heavy atom. The van der Waals surface area contributed by atoms with Crippen molar-refractivity contribution in [2.75, 3.05) is 0 Å². The number of hydrogen-bond donors (Lipinski definition) is 0. The normalized spacial score (nSPS) is 11.1. The number of para-hydroxylation sites is 1. The predicted octanol–water partition coefficient (Wildman–Crippen LogP) is 2.53. The molecule has 2 aromatic rings. The molecule has 0 radical (unpaired) electrons. The zero-order valence-electron chi connectivity index (χ0n) is 9.52. The van der Waals surface area contributed by atoms with Crippen LogP contribution in [0.25, 0.3) is 0 Å². The van der Waals surface area contributed by atoms with Gasteiger partial charge in [-0.1, -0.05) is 48.5 Å². The van der Waals surface area contributed by atoms with Gasteiger partial charge in [-0.15, -0.1) is 0 Å². The van der Waals surface area contributed by atoms with Crippen molar-refractivity contribution in [2.24, 2.45) is 0 Å². The van der Waals surface area contributed by atoms with E-state index in [-0.39, 0.29) is 12.4 Å². The molecular formula is C13H12O4S. The lowest BCUT2D eigenvalue weighted by Crippen LogP contribution is -2.13. The third-order valence-corrected chi connectivity index (χ3v) is 2.96. The van der Waals surface area contributed by atoms with Crippen LogP contribution in [0, 0.1) is 0 Å². The second-order valence-electron chi connectivity index (χ2n) is 3.55. The Morgan fingerprint density at radius 2 is 1.39 bits per heavy atom. The molecule has 0 spiro atoms. The van der Waals surface area contributed by atoms with Crippen LogP contribution in [-0.4, -0.2) is 8.42 Å². The Bertz CT molecular complexity index is 579. The van der Waals surface area contributed by atoms with Crippen molar-refractivity contribution in [3.05, 3.63) is 66.2 Å². The monoisotopic (exact) mass is 264 g/mol. The van der Waals surface area contributed by atoms with Crippen molar-refractivity contribution in [2.45, 2.75) is 6.61 Å². The van der Waals surface area contributed by atoms with Gasteiger partial charge in [0.15, 0.2) is 0 Å². The summed E-state index contributed by atoms with van der Waals surface area (Å²) in [5.41, 5.74) is 0.762. The van der Waals surface area contributed by atoms with E-state index >= 15 is 0 Å². The van der Waals surface area contributed by atoms with Gasteiger partial charge in [-0.25, -0.2) is 4.18 Å². The van der Waals surface area contributed by atoms with Gasteiger partial charge >= 0.3 is 10.4 Å². The van der Waals surface area contributed by atoms with Crippen LogP contribution in [0.2, 0.25) is 0 Å². The molecule has 2 aromatic carbocycles. The van der Waals surface area contributed by atoms with E-state index in [0.717, 1.165) is 5.56 Å². The molecule has 0 atom stereocenters. The second kappa shape index (κ2) is 5.66. The standard InChI is InChI=1S/C13H12O4S/c14-18(15,17-13-9-5-2-6-10-13)16-11-12-7-3-1-4-8-12/h1-10H,11H2. The summed E-state index contributed by atoms with van der Waals surface area (Å²) in [5, 5.41) is 0. The first-order valence-corrected chi connectivity index (χ1v) is 6.67. The Labute approximate surface area is 106 Å². The lowest BCUT2D eigenvalue weighted by Gasteiger charge is -2.06. The van der Waals surface area contributed by atoms with E-state index in [2.05, 4.69) is 0 Å². The Balaban J connectivity index is 1.96. The molecule has 0 fully saturated rings. The van der Waals surface area contributed by atoms with Crippen molar-refractivity contribution in [3.8, 4) is 5.75 Å². The second-order valence-corrected chi connectivity index (χ2v) is 4.77. The van der Waals surface area contributed by atoms with Crippen LogP contribution in [0.3, 0.4) is 0 Å². The SMILES string of the molecule is O=S(=O)(OCc1ccccc1)Oc1ccccc1. The molecule has 0 saturated heterocycles. The molecule has 0 saturated carbocycles. The highest BCUT2D eigenvalue weighted by atomic mass is 32.3. The van der Waals surface area contributed by atoms with E-state index in [1.54, 1.807) is 42.5 Å². The van der Waals surface area contributed by atoms with Crippen LogP contribution in [0.15, 0.2) is 60.7 Å². The van der Waals surface area contributed by atoms with Crippen LogP contribution in [0.4, 0.5) is 0 Å². The van der Waals surface area contributed by atoms with Crippen molar-refractivity contribution in [1.29, 1.82) is 0 Å². The van der Waals surface area contributed by atoms with Crippen molar-refractivity contribution in [3.63, 3.8) is 0 Å². The minimum absolute atomic E-state index is 0.0456. The minimum Gasteiger partial charge on any atom is -0.362 e. The molecule has 0 amide bonds. The molecule has 94 valence electrons. The highest BCUT2D eigenvalue weighted by Crippen LogP contribution is 2.13. The molecular weight excluding hydrogens is 252 g/mol. The van der Waals surface area contributed by atoms with Crippen LogP contribution in [0.5, 0.6) is 5.75 Å². The Kier molecular flexibility index (Phi) is 3.96. The van der Waals surface area contributed by atoms with E-state index in [1.165, 1.54) is 0 Å². The van der Waals surface area contributed by atoms with E-state index in [4.69, 9.17) is 8.37 Å². The maximum Gasteiger partial charge on any atom is 0.449 e. The quantitative estimate of drug-likeness (QED) is 0.832. The molecule has 18 heavy (non-hydrogen) atoms. The van der Waals surface area contributed by atoms with Crippen LogP contribution >= 0.6 is 0 Å². The molecule has 0 aromatic heterocycles. The molecule has 0 aliphatic heterocycles. The van der Waals surface area contributed by atoms with Crippen molar-refractivity contribution < 1.29 is 16.8 Å². The van der Waals surface area contributed by atoms with E-state index in [0.29, 0.717) is 0 Å². The van der Waals surface area contributed by atoms with E-state index in [9.17, 15) is 8.42 Å². The third kappa shape index (κ3) is 3.87. The van der Waals surface area contributed by atoms with Gasteiger partial charge in [0, 0.05) is 0 Å². The smallest absolute Gasteiger partial charge is 0.362 e. The summed E-state index contributed by atoms with van der Waals surface area (Å²) < 4.78 is 32.6. The maximum absolute atomic E-state index is 11.5. The highest BCUT2D eigenvalue weighted by molar-refractivity contribution is 7.82. The van der Waals surface area contributed by atoms with Crippen molar-refractivity contribution in [1.82, 2.24) is 0 Å². The summed E-state index contributed by atoms with van der Waals surface area (Å²) in [5.74, 6) is 0.227. The molecule has 0 aliphatic carbocycles. The zero-order valence-corrected chi connectivity index (χ0v) is 10.3. The van der Waals surface area contributed by atoms with Crippen LogP contribution in [-0.2, 0) is 21.2 Å².